The van der Waals surface area contributed by atoms with E-state index >= 15 is 0 Å². The highest BCUT2D eigenvalue weighted by Gasteiger charge is 2.14. The predicted molar refractivity (Wildman–Crippen MR) is 96.1 cm³/mol. The molecular weight excluding hydrogens is 366 g/mol. The number of aromatic nitrogens is 2. The molecule has 1 aromatic heterocycles. The summed E-state index contributed by atoms with van der Waals surface area (Å²) < 4.78 is 13.7. The van der Waals surface area contributed by atoms with Crippen LogP contribution in [0.2, 0.25) is 10.0 Å². The van der Waals surface area contributed by atoms with E-state index in [2.05, 4.69) is 20.6 Å². The van der Waals surface area contributed by atoms with Gasteiger partial charge in [0.25, 0.3) is 5.91 Å². The Morgan fingerprint density at radius 3 is 2.44 bits per heavy atom. The van der Waals surface area contributed by atoms with E-state index in [-0.39, 0.29) is 23.0 Å². The number of halogens is 3. The highest BCUT2D eigenvalue weighted by atomic mass is 35.5. The Hall–Kier alpha value is -2.70. The predicted octanol–water partition coefficient (Wildman–Crippen LogP) is 4.92. The third-order valence-electron chi connectivity index (χ3n) is 3.21. The van der Waals surface area contributed by atoms with E-state index in [0.29, 0.717) is 10.0 Å². The molecule has 0 aliphatic rings. The van der Waals surface area contributed by atoms with Crippen LogP contribution in [0.4, 0.5) is 21.7 Å². The number of carbonyl (C=O) groups is 1. The Balaban J connectivity index is 1.81. The lowest BCUT2D eigenvalue weighted by atomic mass is 10.3. The maximum atomic E-state index is 13.7. The molecule has 3 aromatic rings. The van der Waals surface area contributed by atoms with Crippen molar-refractivity contribution in [2.75, 3.05) is 10.6 Å². The van der Waals surface area contributed by atoms with Gasteiger partial charge in [0.1, 0.15) is 11.5 Å². The Bertz CT molecular complexity index is 916. The summed E-state index contributed by atoms with van der Waals surface area (Å²) in [4.78, 5) is 20.4. The third kappa shape index (κ3) is 4.04. The lowest BCUT2D eigenvalue weighted by Crippen LogP contribution is -2.15. The van der Waals surface area contributed by atoms with Gasteiger partial charge in [0.15, 0.2) is 0 Å². The normalized spacial score (nSPS) is 10.4. The van der Waals surface area contributed by atoms with Gasteiger partial charge in [-0.1, -0.05) is 41.4 Å². The van der Waals surface area contributed by atoms with E-state index in [0.717, 1.165) is 0 Å². The van der Waals surface area contributed by atoms with Crippen molar-refractivity contribution < 1.29 is 9.18 Å². The van der Waals surface area contributed by atoms with Gasteiger partial charge in [-0.2, -0.15) is 0 Å². The SMILES string of the molecule is O=C(Nc1c(Cl)cccc1Cl)c1ccnc(Nc2ccccc2F)n1. The number of anilines is 3. The zero-order valence-electron chi connectivity index (χ0n) is 12.6. The number of carbonyl (C=O) groups excluding carboxylic acids is 1. The average Bonchev–Trinajstić information content (AvgIpc) is 2.60. The van der Waals surface area contributed by atoms with E-state index in [9.17, 15) is 9.18 Å². The number of rotatable bonds is 4. The quantitative estimate of drug-likeness (QED) is 0.678. The second-order valence-corrected chi connectivity index (χ2v) is 5.74. The van der Waals surface area contributed by atoms with Crippen molar-refractivity contribution in [3.8, 4) is 0 Å². The fourth-order valence-electron chi connectivity index (χ4n) is 2.02. The summed E-state index contributed by atoms with van der Waals surface area (Å²) in [5, 5.41) is 5.94. The molecule has 126 valence electrons. The van der Waals surface area contributed by atoms with Crippen LogP contribution in [0, 0.1) is 5.82 Å². The van der Waals surface area contributed by atoms with Crippen molar-refractivity contribution >= 4 is 46.4 Å². The molecule has 8 heteroatoms. The van der Waals surface area contributed by atoms with Crippen molar-refractivity contribution in [2.45, 2.75) is 0 Å². The fourth-order valence-corrected chi connectivity index (χ4v) is 2.52. The van der Waals surface area contributed by atoms with Gasteiger partial charge in [-0.25, -0.2) is 14.4 Å². The highest BCUT2D eigenvalue weighted by Crippen LogP contribution is 2.30. The molecule has 0 aliphatic carbocycles. The molecule has 0 atom stereocenters. The number of hydrogen-bond donors (Lipinski definition) is 2. The van der Waals surface area contributed by atoms with Gasteiger partial charge in [-0.05, 0) is 30.3 Å². The topological polar surface area (TPSA) is 66.9 Å². The van der Waals surface area contributed by atoms with Gasteiger partial charge in [-0.3, -0.25) is 4.79 Å². The molecule has 3 rings (SSSR count). The van der Waals surface area contributed by atoms with Crippen LogP contribution in [0.1, 0.15) is 10.5 Å². The van der Waals surface area contributed by atoms with Crippen LogP contribution in [0.3, 0.4) is 0 Å². The minimum atomic E-state index is -0.519. The van der Waals surface area contributed by atoms with Gasteiger partial charge in [0, 0.05) is 6.20 Å². The van der Waals surface area contributed by atoms with E-state index in [1.165, 1.54) is 24.4 Å². The summed E-state index contributed by atoms with van der Waals surface area (Å²) in [5.41, 5.74) is 0.567. The lowest BCUT2D eigenvalue weighted by molar-refractivity contribution is 0.102. The van der Waals surface area contributed by atoms with E-state index in [1.54, 1.807) is 30.3 Å². The van der Waals surface area contributed by atoms with E-state index in [4.69, 9.17) is 23.2 Å². The molecule has 0 bridgehead atoms. The Kier molecular flexibility index (Phi) is 5.11. The molecule has 1 heterocycles. The number of nitrogens with one attached hydrogen (secondary N) is 2. The van der Waals surface area contributed by atoms with Crippen LogP contribution >= 0.6 is 23.2 Å². The molecule has 0 saturated heterocycles. The van der Waals surface area contributed by atoms with Gasteiger partial charge < -0.3 is 10.6 Å². The smallest absolute Gasteiger partial charge is 0.274 e. The molecule has 0 radical (unpaired) electrons. The van der Waals surface area contributed by atoms with Crippen molar-refractivity contribution in [3.63, 3.8) is 0 Å². The maximum Gasteiger partial charge on any atom is 0.274 e. The fraction of sp³-hybridized carbons (Fsp3) is 0. The third-order valence-corrected chi connectivity index (χ3v) is 3.84. The van der Waals surface area contributed by atoms with Gasteiger partial charge >= 0.3 is 0 Å². The monoisotopic (exact) mass is 376 g/mol. The first kappa shape index (κ1) is 17.1. The average molecular weight is 377 g/mol. The number of amides is 1. The first-order chi connectivity index (χ1) is 12.0. The van der Waals surface area contributed by atoms with Gasteiger partial charge in [0.2, 0.25) is 5.95 Å². The van der Waals surface area contributed by atoms with Crippen molar-refractivity contribution in [2.24, 2.45) is 0 Å². The zero-order valence-corrected chi connectivity index (χ0v) is 14.1. The lowest BCUT2D eigenvalue weighted by Gasteiger charge is -2.10. The maximum absolute atomic E-state index is 13.7. The minimum absolute atomic E-state index is 0.0739. The standard InChI is InChI=1S/C17H11Cl2FN4O/c18-10-4-3-5-11(19)15(10)24-16(25)14-8-9-21-17(23-14)22-13-7-2-1-6-12(13)20/h1-9H,(H,24,25)(H,21,22,23). The van der Waals surface area contributed by atoms with Crippen LogP contribution in [0.25, 0.3) is 0 Å². The summed E-state index contributed by atoms with van der Waals surface area (Å²) in [7, 11) is 0. The second-order valence-electron chi connectivity index (χ2n) is 4.92. The zero-order chi connectivity index (χ0) is 17.8. The van der Waals surface area contributed by atoms with Crippen molar-refractivity contribution in [1.29, 1.82) is 0 Å². The molecule has 5 nitrogen and oxygen atoms in total. The summed E-state index contributed by atoms with van der Waals surface area (Å²) in [6, 6.07) is 12.4. The van der Waals surface area contributed by atoms with Crippen LogP contribution in [-0.4, -0.2) is 15.9 Å². The number of para-hydroxylation sites is 2. The molecule has 25 heavy (non-hydrogen) atoms. The van der Waals surface area contributed by atoms with E-state index in [1.807, 2.05) is 0 Å². The van der Waals surface area contributed by atoms with Crippen LogP contribution in [0.15, 0.2) is 54.7 Å². The highest BCUT2D eigenvalue weighted by molar-refractivity contribution is 6.40. The van der Waals surface area contributed by atoms with Gasteiger partial charge in [0.05, 0.1) is 21.4 Å². The summed E-state index contributed by atoms with van der Waals surface area (Å²) in [6.45, 7) is 0. The number of nitrogens with zero attached hydrogens (tertiary/aromatic N) is 2. The second kappa shape index (κ2) is 7.46. The first-order valence-corrected chi connectivity index (χ1v) is 7.90. The summed E-state index contributed by atoms with van der Waals surface area (Å²) in [5.74, 6) is -0.888. The minimum Gasteiger partial charge on any atom is -0.322 e. The molecule has 0 fully saturated rings. The number of benzene rings is 2. The van der Waals surface area contributed by atoms with Crippen LogP contribution < -0.4 is 10.6 Å². The van der Waals surface area contributed by atoms with Crippen molar-refractivity contribution in [1.82, 2.24) is 9.97 Å². The largest absolute Gasteiger partial charge is 0.322 e. The van der Waals surface area contributed by atoms with E-state index < -0.39 is 11.7 Å². The summed E-state index contributed by atoms with van der Waals surface area (Å²) >= 11 is 12.1. The van der Waals surface area contributed by atoms with Crippen LogP contribution in [-0.2, 0) is 0 Å². The molecule has 0 unspecified atom stereocenters. The summed E-state index contributed by atoms with van der Waals surface area (Å²) in [6.07, 6.45) is 1.39. The molecule has 1 amide bonds. The Labute approximate surface area is 152 Å². The molecular formula is C17H11Cl2FN4O. The number of hydrogen-bond acceptors (Lipinski definition) is 4. The van der Waals surface area contributed by atoms with Crippen LogP contribution in [0.5, 0.6) is 0 Å². The molecule has 0 aliphatic heterocycles. The molecule has 0 spiro atoms. The van der Waals surface area contributed by atoms with Crippen molar-refractivity contribution in [3.05, 3.63) is 76.3 Å². The Morgan fingerprint density at radius 2 is 1.72 bits per heavy atom. The molecule has 2 aromatic carbocycles. The Morgan fingerprint density at radius 1 is 1.00 bits per heavy atom. The molecule has 2 N–H and O–H groups in total. The molecule has 0 saturated carbocycles. The van der Waals surface area contributed by atoms with Gasteiger partial charge in [-0.15, -0.1) is 0 Å². The first-order valence-electron chi connectivity index (χ1n) is 7.14.